The van der Waals surface area contributed by atoms with Gasteiger partial charge in [0, 0.05) is 32.3 Å². The summed E-state index contributed by atoms with van der Waals surface area (Å²) in [5, 5.41) is 2.43. The highest BCUT2D eigenvalue weighted by molar-refractivity contribution is 14.1. The molecule has 4 heterocycles. The van der Waals surface area contributed by atoms with E-state index in [0.717, 1.165) is 39.5 Å². The standard InChI is InChI=1S/C27H17IN4/c28-19-11-12-26-21(17-19)20-7-1-2-10-25(20)32(26)27-16-18(22-8-3-5-13-29-22)15-24(31-27)23-9-4-6-14-30-23/h1-17H. The minimum absolute atomic E-state index is 0.820. The van der Waals surface area contributed by atoms with Crippen molar-refractivity contribution in [2.75, 3.05) is 0 Å². The lowest BCUT2D eigenvalue weighted by molar-refractivity contribution is 1.08. The smallest absolute Gasteiger partial charge is 0.139 e. The highest BCUT2D eigenvalue weighted by Gasteiger charge is 2.16. The lowest BCUT2D eigenvalue weighted by Gasteiger charge is -2.12. The van der Waals surface area contributed by atoms with Crippen molar-refractivity contribution in [1.82, 2.24) is 19.5 Å². The number of hydrogen-bond acceptors (Lipinski definition) is 3. The van der Waals surface area contributed by atoms with E-state index in [2.05, 4.69) is 91.7 Å². The van der Waals surface area contributed by atoms with Crippen molar-refractivity contribution in [3.63, 3.8) is 0 Å². The Hall–Kier alpha value is -3.58. The van der Waals surface area contributed by atoms with Crippen molar-refractivity contribution in [3.8, 4) is 28.5 Å². The van der Waals surface area contributed by atoms with Crippen LogP contribution in [0.5, 0.6) is 0 Å². The molecular formula is C27H17IN4. The molecule has 0 aliphatic rings. The Morgan fingerprint density at radius 2 is 1.31 bits per heavy atom. The molecule has 6 rings (SSSR count). The molecule has 0 saturated heterocycles. The Bertz CT molecular complexity index is 1520. The van der Waals surface area contributed by atoms with Crippen LogP contribution in [0, 0.1) is 3.57 Å². The Balaban J connectivity index is 1.70. The zero-order valence-electron chi connectivity index (χ0n) is 17.0. The maximum absolute atomic E-state index is 5.07. The molecule has 0 unspecified atom stereocenters. The van der Waals surface area contributed by atoms with Gasteiger partial charge in [0.05, 0.1) is 28.1 Å². The molecule has 2 aromatic carbocycles. The molecule has 5 heteroatoms. The molecule has 0 N–H and O–H groups in total. The molecule has 0 fully saturated rings. The van der Waals surface area contributed by atoms with Gasteiger partial charge in [-0.3, -0.25) is 14.5 Å². The van der Waals surface area contributed by atoms with Gasteiger partial charge in [-0.15, -0.1) is 0 Å². The minimum Gasteiger partial charge on any atom is -0.294 e. The molecule has 0 spiro atoms. The molecule has 152 valence electrons. The molecular weight excluding hydrogens is 507 g/mol. The van der Waals surface area contributed by atoms with E-state index >= 15 is 0 Å². The van der Waals surface area contributed by atoms with Crippen LogP contribution in [0.2, 0.25) is 0 Å². The largest absolute Gasteiger partial charge is 0.294 e. The third-order valence-corrected chi connectivity index (χ3v) is 6.23. The van der Waals surface area contributed by atoms with Gasteiger partial charge in [0.25, 0.3) is 0 Å². The Morgan fingerprint density at radius 3 is 2.09 bits per heavy atom. The van der Waals surface area contributed by atoms with Crippen molar-refractivity contribution in [3.05, 3.63) is 107 Å². The molecule has 0 saturated carbocycles. The lowest BCUT2D eigenvalue weighted by Crippen LogP contribution is -2.01. The summed E-state index contributed by atoms with van der Waals surface area (Å²) in [5.74, 6) is 0.848. The number of pyridine rings is 3. The summed E-state index contributed by atoms with van der Waals surface area (Å²) >= 11 is 2.37. The van der Waals surface area contributed by atoms with E-state index in [1.165, 1.54) is 14.3 Å². The van der Waals surface area contributed by atoms with Gasteiger partial charge >= 0.3 is 0 Å². The number of fused-ring (bicyclic) bond motifs is 3. The van der Waals surface area contributed by atoms with Gasteiger partial charge < -0.3 is 0 Å². The maximum atomic E-state index is 5.07. The molecule has 0 radical (unpaired) electrons. The van der Waals surface area contributed by atoms with Crippen LogP contribution in [0.3, 0.4) is 0 Å². The minimum atomic E-state index is 0.820. The van der Waals surface area contributed by atoms with Crippen LogP contribution in [-0.2, 0) is 0 Å². The number of halogens is 1. The molecule has 0 amide bonds. The fourth-order valence-electron chi connectivity index (χ4n) is 4.15. The topological polar surface area (TPSA) is 43.6 Å². The van der Waals surface area contributed by atoms with Gasteiger partial charge in [0.15, 0.2) is 0 Å². The molecule has 4 nitrogen and oxygen atoms in total. The van der Waals surface area contributed by atoms with Gasteiger partial charge in [-0.05, 0) is 83.3 Å². The summed E-state index contributed by atoms with van der Waals surface area (Å²) < 4.78 is 3.45. The summed E-state index contributed by atoms with van der Waals surface area (Å²) in [5.41, 5.74) is 5.82. The number of para-hydroxylation sites is 1. The zero-order valence-corrected chi connectivity index (χ0v) is 19.1. The van der Waals surface area contributed by atoms with Crippen LogP contribution < -0.4 is 0 Å². The van der Waals surface area contributed by atoms with Gasteiger partial charge in [-0.2, -0.15) is 0 Å². The van der Waals surface area contributed by atoms with E-state index in [9.17, 15) is 0 Å². The summed E-state index contributed by atoms with van der Waals surface area (Å²) in [6.45, 7) is 0. The van der Waals surface area contributed by atoms with Crippen molar-refractivity contribution in [2.45, 2.75) is 0 Å². The van der Waals surface area contributed by atoms with Crippen LogP contribution in [0.4, 0.5) is 0 Å². The fraction of sp³-hybridized carbons (Fsp3) is 0. The average molecular weight is 524 g/mol. The lowest BCUT2D eigenvalue weighted by atomic mass is 10.1. The Kier molecular flexibility index (Phi) is 4.69. The van der Waals surface area contributed by atoms with Gasteiger partial charge in [0.1, 0.15) is 5.82 Å². The third kappa shape index (κ3) is 3.26. The molecule has 4 aromatic heterocycles. The van der Waals surface area contributed by atoms with E-state index in [1.54, 1.807) is 6.20 Å². The first kappa shape index (κ1) is 19.1. The number of hydrogen-bond donors (Lipinski definition) is 0. The normalized spacial score (nSPS) is 11.3. The van der Waals surface area contributed by atoms with Crippen molar-refractivity contribution >= 4 is 44.4 Å². The summed E-state index contributed by atoms with van der Waals surface area (Å²) in [4.78, 5) is 14.2. The van der Waals surface area contributed by atoms with Crippen LogP contribution >= 0.6 is 22.6 Å². The molecule has 0 bridgehead atoms. The van der Waals surface area contributed by atoms with E-state index in [0.29, 0.717) is 0 Å². The number of aromatic nitrogens is 4. The first-order valence-electron chi connectivity index (χ1n) is 10.3. The average Bonchev–Trinajstić information content (AvgIpc) is 3.18. The zero-order chi connectivity index (χ0) is 21.5. The predicted octanol–water partition coefficient (Wildman–Crippen LogP) is 6.91. The van der Waals surface area contributed by atoms with Gasteiger partial charge in [0.2, 0.25) is 0 Å². The molecule has 0 aliphatic heterocycles. The SMILES string of the molecule is Ic1ccc2c(c1)c1ccccc1n2-c1cc(-c2ccccn2)cc(-c2ccccn2)n1. The van der Waals surface area contributed by atoms with Gasteiger partial charge in [-0.25, -0.2) is 4.98 Å². The third-order valence-electron chi connectivity index (χ3n) is 5.56. The summed E-state index contributed by atoms with van der Waals surface area (Å²) in [6, 6.07) is 31.1. The first-order chi connectivity index (χ1) is 15.8. The first-order valence-corrected chi connectivity index (χ1v) is 11.4. The van der Waals surface area contributed by atoms with Crippen molar-refractivity contribution in [2.24, 2.45) is 0 Å². The highest BCUT2D eigenvalue weighted by atomic mass is 127. The molecule has 32 heavy (non-hydrogen) atoms. The molecule has 0 atom stereocenters. The highest BCUT2D eigenvalue weighted by Crippen LogP contribution is 2.34. The Morgan fingerprint density at radius 1 is 0.594 bits per heavy atom. The quantitative estimate of drug-likeness (QED) is 0.237. The number of nitrogens with zero attached hydrogens (tertiary/aromatic N) is 4. The molecule has 0 aliphatic carbocycles. The second-order valence-electron chi connectivity index (χ2n) is 7.54. The van der Waals surface area contributed by atoms with E-state index in [1.807, 2.05) is 42.6 Å². The second-order valence-corrected chi connectivity index (χ2v) is 8.79. The van der Waals surface area contributed by atoms with E-state index in [4.69, 9.17) is 4.98 Å². The van der Waals surface area contributed by atoms with Crippen LogP contribution in [-0.4, -0.2) is 19.5 Å². The number of benzene rings is 2. The Labute approximate surface area is 198 Å². The fourth-order valence-corrected chi connectivity index (χ4v) is 4.64. The van der Waals surface area contributed by atoms with Crippen molar-refractivity contribution in [1.29, 1.82) is 0 Å². The summed E-state index contributed by atoms with van der Waals surface area (Å²) in [6.07, 6.45) is 3.62. The predicted molar refractivity (Wildman–Crippen MR) is 138 cm³/mol. The second kappa shape index (κ2) is 7.84. The summed E-state index contributed by atoms with van der Waals surface area (Å²) in [7, 11) is 0. The van der Waals surface area contributed by atoms with E-state index in [-0.39, 0.29) is 0 Å². The number of rotatable bonds is 3. The van der Waals surface area contributed by atoms with Crippen LogP contribution in [0.25, 0.3) is 50.3 Å². The van der Waals surface area contributed by atoms with Crippen LogP contribution in [0.1, 0.15) is 0 Å². The van der Waals surface area contributed by atoms with Crippen LogP contribution in [0.15, 0.2) is 103 Å². The monoisotopic (exact) mass is 524 g/mol. The maximum Gasteiger partial charge on any atom is 0.139 e. The molecule has 6 aromatic rings. The van der Waals surface area contributed by atoms with Crippen molar-refractivity contribution < 1.29 is 0 Å². The van der Waals surface area contributed by atoms with Gasteiger partial charge in [-0.1, -0.05) is 30.3 Å². The van der Waals surface area contributed by atoms with E-state index < -0.39 is 0 Å².